The number of aliphatic imine (C=N–C) groups is 1. The summed E-state index contributed by atoms with van der Waals surface area (Å²) in [5, 5.41) is 2.40. The van der Waals surface area contributed by atoms with Gasteiger partial charge in [-0.1, -0.05) is 12.1 Å². The minimum atomic E-state index is -0.436. The van der Waals surface area contributed by atoms with Crippen molar-refractivity contribution in [3.05, 3.63) is 54.5 Å². The summed E-state index contributed by atoms with van der Waals surface area (Å²) >= 11 is 0. The van der Waals surface area contributed by atoms with Gasteiger partial charge in [0.15, 0.2) is 5.58 Å². The smallest absolute Gasteiger partial charge is 0.325 e. The second kappa shape index (κ2) is 5.96. The van der Waals surface area contributed by atoms with E-state index in [9.17, 15) is 4.79 Å². The average molecular weight is 296 g/mol. The number of guanidine groups is 1. The molecule has 110 valence electrons. The molecule has 0 radical (unpaired) electrons. The normalized spacial score (nSPS) is 12.1. The lowest BCUT2D eigenvalue weighted by Crippen LogP contribution is -2.35. The number of carbonyl (C=O) groups excluding carboxylic acids is 1. The van der Waals surface area contributed by atoms with Gasteiger partial charge in [0.25, 0.3) is 5.91 Å². The highest BCUT2D eigenvalue weighted by molar-refractivity contribution is 6.03. The predicted octanol–water partition coefficient (Wildman–Crippen LogP) is 2.20. The van der Waals surface area contributed by atoms with Crippen molar-refractivity contribution in [1.29, 1.82) is 0 Å². The van der Waals surface area contributed by atoms with E-state index in [1.807, 2.05) is 12.1 Å². The average Bonchev–Trinajstić information content (AvgIpc) is 3.13. The molecule has 0 atom stereocenters. The van der Waals surface area contributed by atoms with Crippen LogP contribution in [-0.4, -0.2) is 16.9 Å². The fourth-order valence-electron chi connectivity index (χ4n) is 1.75. The van der Waals surface area contributed by atoms with Crippen molar-refractivity contribution in [2.24, 2.45) is 10.7 Å². The molecule has 7 heteroatoms. The molecule has 2 heterocycles. The number of nitrogens with two attached hydrogens (primary N) is 1. The lowest BCUT2D eigenvalue weighted by Gasteiger charge is -1.98. The molecule has 1 aromatic carbocycles. The van der Waals surface area contributed by atoms with Crippen LogP contribution in [0.15, 0.2) is 62.6 Å². The molecule has 0 bridgehead atoms. The quantitative estimate of drug-likeness (QED) is 0.437. The van der Waals surface area contributed by atoms with Gasteiger partial charge in [0.2, 0.25) is 5.96 Å². The number of aromatic nitrogens is 1. The van der Waals surface area contributed by atoms with Gasteiger partial charge in [0.05, 0.1) is 6.26 Å². The Kier molecular flexibility index (Phi) is 3.69. The number of rotatable bonds is 3. The Morgan fingerprint density at radius 2 is 2.14 bits per heavy atom. The number of hydrogen-bond acceptors (Lipinski definition) is 5. The van der Waals surface area contributed by atoms with E-state index >= 15 is 0 Å². The summed E-state index contributed by atoms with van der Waals surface area (Å²) in [6.07, 6.45) is 4.32. The highest BCUT2D eigenvalue weighted by atomic mass is 16.4. The third kappa shape index (κ3) is 3.21. The van der Waals surface area contributed by atoms with Crippen molar-refractivity contribution in [3.8, 4) is 0 Å². The van der Waals surface area contributed by atoms with Crippen LogP contribution in [0, 0.1) is 0 Å². The van der Waals surface area contributed by atoms with E-state index in [-0.39, 0.29) is 12.0 Å². The molecule has 22 heavy (non-hydrogen) atoms. The fraction of sp³-hybridized carbons (Fsp3) is 0. The van der Waals surface area contributed by atoms with Gasteiger partial charge in [-0.25, -0.2) is 0 Å². The zero-order valence-electron chi connectivity index (χ0n) is 11.4. The number of hydrogen-bond donors (Lipinski definition) is 2. The minimum absolute atomic E-state index is 0.0778. The molecule has 0 aliphatic carbocycles. The number of para-hydroxylation sites is 2. The van der Waals surface area contributed by atoms with Crippen LogP contribution in [0.3, 0.4) is 0 Å². The number of furan rings is 1. The monoisotopic (exact) mass is 296 g/mol. The van der Waals surface area contributed by atoms with Crippen molar-refractivity contribution in [2.45, 2.75) is 0 Å². The maximum atomic E-state index is 11.7. The van der Waals surface area contributed by atoms with E-state index in [1.165, 1.54) is 18.4 Å². The van der Waals surface area contributed by atoms with Crippen LogP contribution in [-0.2, 0) is 4.79 Å². The van der Waals surface area contributed by atoms with Crippen molar-refractivity contribution in [2.75, 3.05) is 0 Å². The molecule has 0 aliphatic heterocycles. The maximum absolute atomic E-state index is 11.7. The first-order chi connectivity index (χ1) is 10.7. The lowest BCUT2D eigenvalue weighted by atomic mass is 10.3. The number of fused-ring (bicyclic) bond motifs is 1. The van der Waals surface area contributed by atoms with Crippen LogP contribution in [0.2, 0.25) is 0 Å². The molecule has 2 aromatic heterocycles. The summed E-state index contributed by atoms with van der Waals surface area (Å²) in [7, 11) is 0. The van der Waals surface area contributed by atoms with Crippen LogP contribution in [0.25, 0.3) is 17.2 Å². The molecule has 3 aromatic rings. The summed E-state index contributed by atoms with van der Waals surface area (Å²) in [4.78, 5) is 19.7. The van der Waals surface area contributed by atoms with Gasteiger partial charge in [-0.15, -0.1) is 0 Å². The molecule has 0 spiro atoms. The molecular formula is C15H12N4O3. The third-order valence-electron chi connectivity index (χ3n) is 2.69. The maximum Gasteiger partial charge on any atom is 0.325 e. The van der Waals surface area contributed by atoms with E-state index in [4.69, 9.17) is 14.6 Å². The molecule has 0 saturated carbocycles. The summed E-state index contributed by atoms with van der Waals surface area (Å²) < 4.78 is 10.4. The number of nitrogens with one attached hydrogen (secondary N) is 1. The van der Waals surface area contributed by atoms with E-state index in [0.717, 1.165) is 0 Å². The van der Waals surface area contributed by atoms with Gasteiger partial charge in [0, 0.05) is 6.08 Å². The molecule has 0 unspecified atom stereocenters. The zero-order chi connectivity index (χ0) is 15.4. The van der Waals surface area contributed by atoms with Crippen LogP contribution in [0.1, 0.15) is 5.76 Å². The summed E-state index contributed by atoms with van der Waals surface area (Å²) in [5.41, 5.74) is 6.90. The highest BCUT2D eigenvalue weighted by Gasteiger charge is 2.05. The van der Waals surface area contributed by atoms with Crippen molar-refractivity contribution < 1.29 is 13.6 Å². The first-order valence-electron chi connectivity index (χ1n) is 6.43. The Morgan fingerprint density at radius 3 is 2.91 bits per heavy atom. The lowest BCUT2D eigenvalue weighted by molar-refractivity contribution is -0.115. The van der Waals surface area contributed by atoms with Gasteiger partial charge in [0.1, 0.15) is 11.3 Å². The number of nitrogens with zero attached hydrogens (tertiary/aromatic N) is 2. The standard InChI is InChI=1S/C15H12N4O3/c16-14(18-13(20)8-7-10-4-3-9-21-10)19-15-17-11-5-1-2-6-12(11)22-15/h1-9H,(H3,16,17,18,19,20). The summed E-state index contributed by atoms with van der Waals surface area (Å²) in [6, 6.07) is 10.7. The van der Waals surface area contributed by atoms with Gasteiger partial charge in [-0.3, -0.25) is 10.1 Å². The van der Waals surface area contributed by atoms with E-state index < -0.39 is 5.91 Å². The molecule has 0 fully saturated rings. The number of benzene rings is 1. The SMILES string of the molecule is NC(=Nc1nc2ccccc2o1)NC(=O)C=Cc1ccco1. The van der Waals surface area contributed by atoms with Crippen LogP contribution < -0.4 is 11.1 Å². The van der Waals surface area contributed by atoms with Crippen molar-refractivity contribution in [3.63, 3.8) is 0 Å². The number of carbonyl (C=O) groups is 1. The Morgan fingerprint density at radius 1 is 1.27 bits per heavy atom. The Balaban J connectivity index is 1.67. The molecule has 3 rings (SSSR count). The topological polar surface area (TPSA) is 107 Å². The molecular weight excluding hydrogens is 284 g/mol. The first kappa shape index (κ1) is 13.6. The van der Waals surface area contributed by atoms with Crippen LogP contribution in [0.5, 0.6) is 0 Å². The second-order valence-electron chi connectivity index (χ2n) is 4.30. The molecule has 0 saturated heterocycles. The Labute approximate surface area is 125 Å². The largest absolute Gasteiger partial charge is 0.465 e. The van der Waals surface area contributed by atoms with E-state index in [2.05, 4.69) is 15.3 Å². The van der Waals surface area contributed by atoms with Gasteiger partial charge in [-0.05, 0) is 30.3 Å². The highest BCUT2D eigenvalue weighted by Crippen LogP contribution is 2.19. The molecule has 3 N–H and O–H groups in total. The molecule has 1 amide bonds. The predicted molar refractivity (Wildman–Crippen MR) is 81.2 cm³/mol. The van der Waals surface area contributed by atoms with Crippen molar-refractivity contribution in [1.82, 2.24) is 10.3 Å². The van der Waals surface area contributed by atoms with E-state index in [1.54, 1.807) is 24.3 Å². The minimum Gasteiger partial charge on any atom is -0.465 e. The first-order valence-corrected chi connectivity index (χ1v) is 6.43. The molecule has 0 aliphatic rings. The fourth-order valence-corrected chi connectivity index (χ4v) is 1.75. The summed E-state index contributed by atoms with van der Waals surface area (Å²) in [6.45, 7) is 0. The third-order valence-corrected chi connectivity index (χ3v) is 2.69. The Hall–Kier alpha value is -3.35. The Bertz CT molecular complexity index is 814. The van der Waals surface area contributed by atoms with E-state index in [0.29, 0.717) is 16.9 Å². The number of amides is 1. The molecule has 7 nitrogen and oxygen atoms in total. The van der Waals surface area contributed by atoms with Gasteiger partial charge < -0.3 is 14.6 Å². The number of oxazole rings is 1. The van der Waals surface area contributed by atoms with Crippen LogP contribution in [0.4, 0.5) is 6.01 Å². The van der Waals surface area contributed by atoms with Gasteiger partial charge >= 0.3 is 6.01 Å². The van der Waals surface area contributed by atoms with Gasteiger partial charge in [-0.2, -0.15) is 9.98 Å². The van der Waals surface area contributed by atoms with Crippen LogP contribution >= 0.6 is 0 Å². The zero-order valence-corrected chi connectivity index (χ0v) is 11.4. The summed E-state index contributed by atoms with van der Waals surface area (Å²) in [5.74, 6) is 0.0130. The van der Waals surface area contributed by atoms with Crippen molar-refractivity contribution >= 4 is 35.1 Å². The second-order valence-corrected chi connectivity index (χ2v) is 4.30.